The third-order valence-corrected chi connectivity index (χ3v) is 13.7. The molecule has 302 valence electrons. The molecule has 6 heterocycles. The molecule has 65 heavy (non-hydrogen) atoms. The van der Waals surface area contributed by atoms with Gasteiger partial charge in [0, 0.05) is 60.3 Å². The summed E-state index contributed by atoms with van der Waals surface area (Å²) < 4.78 is 27.6. The molecule has 0 unspecified atom stereocenters. The number of para-hydroxylation sites is 4. The lowest BCUT2D eigenvalue weighted by molar-refractivity contribution is 0.622. The molecule has 6 nitrogen and oxygen atoms in total. The largest absolute Gasteiger partial charge is 0.468 e. The number of fused-ring (bicyclic) bond motifs is 14. The summed E-state index contributed by atoms with van der Waals surface area (Å²) >= 11 is 0. The summed E-state index contributed by atoms with van der Waals surface area (Å²) in [6.07, 6.45) is 0. The van der Waals surface area contributed by atoms with Gasteiger partial charge in [-0.05, 0) is 83.3 Å². The highest BCUT2D eigenvalue weighted by molar-refractivity contribution is 7.01. The molecule has 0 aliphatic carbocycles. The topological polar surface area (TPSA) is 59.0 Å². The number of anilines is 6. The van der Waals surface area contributed by atoms with Gasteiger partial charge in [-0.25, -0.2) is 0 Å². The standard InChI is InChI=1S/C58H33BN2O4/c1-3-16-34(17-4-1)50-40(30-32-48-52(50)36-20-7-11-26-44(36)62-48)60-42-24-15-25-43-55(42)59(57-56(60)39-23-10-14-29-47(39)64-57)54-38-22-9-13-28-46(38)65-58(54)61(43)41-31-33-49-53(37-21-8-12-27-45(37)63-49)51(41)35-18-5-2-6-19-35/h1-33H. The molecular formula is C58H33BN2O4. The van der Waals surface area contributed by atoms with Crippen LogP contribution < -0.4 is 26.4 Å². The first-order valence-electron chi connectivity index (χ1n) is 22.0. The van der Waals surface area contributed by atoms with Gasteiger partial charge in [0.2, 0.25) is 5.88 Å². The maximum absolute atomic E-state index is 7.25. The molecule has 0 amide bonds. The molecule has 0 bridgehead atoms. The van der Waals surface area contributed by atoms with Gasteiger partial charge >= 0.3 is 6.71 Å². The van der Waals surface area contributed by atoms with Gasteiger partial charge in [0.15, 0.2) is 0 Å². The number of furan rings is 4. The van der Waals surface area contributed by atoms with Gasteiger partial charge in [-0.1, -0.05) is 133 Å². The highest BCUT2D eigenvalue weighted by Gasteiger charge is 2.49. The normalized spacial score (nSPS) is 13.1. The quantitative estimate of drug-likeness (QED) is 0.165. The van der Waals surface area contributed by atoms with Crippen molar-refractivity contribution in [3.05, 3.63) is 200 Å². The Kier molecular flexibility index (Phi) is 6.94. The molecule has 0 saturated carbocycles. The Labute approximate surface area is 371 Å². The Morgan fingerprint density at radius 2 is 0.769 bits per heavy atom. The van der Waals surface area contributed by atoms with E-state index in [-0.39, 0.29) is 6.71 Å². The van der Waals surface area contributed by atoms with E-state index in [1.807, 2.05) is 18.2 Å². The molecule has 2 aliphatic heterocycles. The third kappa shape index (κ3) is 4.68. The number of benzene rings is 9. The van der Waals surface area contributed by atoms with E-state index in [1.165, 1.54) is 0 Å². The van der Waals surface area contributed by atoms with Crippen molar-refractivity contribution in [3.8, 4) is 22.3 Å². The van der Waals surface area contributed by atoms with Gasteiger partial charge in [0.25, 0.3) is 0 Å². The van der Waals surface area contributed by atoms with Crippen LogP contribution >= 0.6 is 0 Å². The molecular weight excluding hydrogens is 799 g/mol. The maximum Gasteiger partial charge on any atom is 0.302 e. The molecule has 0 radical (unpaired) electrons. The fourth-order valence-electron chi connectivity index (χ4n) is 11.1. The van der Waals surface area contributed by atoms with Crippen molar-refractivity contribution in [2.75, 3.05) is 9.80 Å². The second-order valence-corrected chi connectivity index (χ2v) is 17.0. The van der Waals surface area contributed by atoms with Gasteiger partial charge in [0.1, 0.15) is 33.5 Å². The van der Waals surface area contributed by atoms with E-state index >= 15 is 0 Å². The summed E-state index contributed by atoms with van der Waals surface area (Å²) in [5, 5.41) is 6.35. The van der Waals surface area contributed by atoms with Gasteiger partial charge in [0.05, 0.1) is 22.7 Å². The third-order valence-electron chi connectivity index (χ3n) is 13.7. The summed E-state index contributed by atoms with van der Waals surface area (Å²) in [6.45, 7) is -0.299. The van der Waals surface area contributed by atoms with Crippen LogP contribution in [-0.2, 0) is 0 Å². The van der Waals surface area contributed by atoms with Crippen LogP contribution in [0.5, 0.6) is 0 Å². The summed E-state index contributed by atoms with van der Waals surface area (Å²) in [4.78, 5) is 4.81. The lowest BCUT2D eigenvalue weighted by atomic mass is 9.35. The Morgan fingerprint density at radius 1 is 0.308 bits per heavy atom. The summed E-state index contributed by atoms with van der Waals surface area (Å²) in [7, 11) is 0. The molecule has 13 aromatic rings. The molecule has 0 saturated heterocycles. The minimum atomic E-state index is -0.299. The minimum Gasteiger partial charge on any atom is -0.468 e. The molecule has 15 rings (SSSR count). The first-order chi connectivity index (χ1) is 32.3. The van der Waals surface area contributed by atoms with Crippen LogP contribution in [-0.4, -0.2) is 6.71 Å². The molecule has 9 aromatic carbocycles. The first kappa shape index (κ1) is 34.9. The van der Waals surface area contributed by atoms with Crippen molar-refractivity contribution in [2.24, 2.45) is 0 Å². The summed E-state index contributed by atoms with van der Waals surface area (Å²) in [5.74, 6) is 0.765. The lowest BCUT2D eigenvalue weighted by Gasteiger charge is -2.41. The number of nitrogens with zero attached hydrogens (tertiary/aromatic N) is 2. The zero-order valence-electron chi connectivity index (χ0n) is 34.7. The Bertz CT molecular complexity index is 4100. The lowest BCUT2D eigenvalue weighted by Crippen LogP contribution is -2.60. The fraction of sp³-hybridized carbons (Fsp3) is 0. The highest BCUT2D eigenvalue weighted by atomic mass is 16.4. The number of rotatable bonds is 4. The zero-order valence-corrected chi connectivity index (χ0v) is 34.7. The van der Waals surface area contributed by atoms with E-state index in [9.17, 15) is 0 Å². The molecule has 7 heteroatoms. The van der Waals surface area contributed by atoms with Gasteiger partial charge in [-0.15, -0.1) is 0 Å². The molecule has 4 aromatic heterocycles. The minimum absolute atomic E-state index is 0.299. The van der Waals surface area contributed by atoms with Gasteiger partial charge in [-0.2, -0.15) is 0 Å². The molecule has 0 atom stereocenters. The monoisotopic (exact) mass is 832 g/mol. The Balaban J connectivity index is 1.10. The van der Waals surface area contributed by atoms with Crippen LogP contribution in [0.15, 0.2) is 218 Å². The Hall–Kier alpha value is -8.68. The van der Waals surface area contributed by atoms with E-state index in [0.717, 1.165) is 139 Å². The first-order valence-corrected chi connectivity index (χ1v) is 22.0. The summed E-state index contributed by atoms with van der Waals surface area (Å²) in [6, 6.07) is 70.3. The average molecular weight is 833 g/mol. The molecule has 0 spiro atoms. The van der Waals surface area contributed by atoms with Gasteiger partial charge < -0.3 is 22.6 Å². The van der Waals surface area contributed by atoms with Crippen LogP contribution in [0.2, 0.25) is 0 Å². The van der Waals surface area contributed by atoms with E-state index in [0.29, 0.717) is 0 Å². The van der Waals surface area contributed by atoms with E-state index < -0.39 is 0 Å². The van der Waals surface area contributed by atoms with E-state index in [4.69, 9.17) is 17.7 Å². The van der Waals surface area contributed by atoms with Crippen LogP contribution in [0.25, 0.3) is 88.1 Å². The maximum atomic E-state index is 7.25. The van der Waals surface area contributed by atoms with E-state index in [1.54, 1.807) is 0 Å². The van der Waals surface area contributed by atoms with Crippen LogP contribution in [0.1, 0.15) is 0 Å². The van der Waals surface area contributed by atoms with Crippen molar-refractivity contribution in [1.82, 2.24) is 0 Å². The average Bonchev–Trinajstić information content (AvgIpc) is 4.15. The van der Waals surface area contributed by atoms with Crippen LogP contribution in [0, 0.1) is 0 Å². The molecule has 0 fully saturated rings. The van der Waals surface area contributed by atoms with E-state index in [2.05, 4.69) is 192 Å². The van der Waals surface area contributed by atoms with Crippen molar-refractivity contribution < 1.29 is 17.7 Å². The smallest absolute Gasteiger partial charge is 0.302 e. The second kappa shape index (κ2) is 12.9. The fourth-order valence-corrected chi connectivity index (χ4v) is 11.1. The van der Waals surface area contributed by atoms with Crippen molar-refractivity contribution >= 4 is 123 Å². The molecule has 2 aliphatic rings. The van der Waals surface area contributed by atoms with Crippen molar-refractivity contribution in [3.63, 3.8) is 0 Å². The summed E-state index contributed by atoms with van der Waals surface area (Å²) in [5.41, 5.74) is 17.5. The second-order valence-electron chi connectivity index (χ2n) is 17.0. The van der Waals surface area contributed by atoms with Crippen molar-refractivity contribution in [2.45, 2.75) is 0 Å². The Morgan fingerprint density at radius 3 is 1.35 bits per heavy atom. The predicted octanol–water partition coefficient (Wildman–Crippen LogP) is 14.4. The van der Waals surface area contributed by atoms with Crippen LogP contribution in [0.4, 0.5) is 34.3 Å². The zero-order chi connectivity index (χ0) is 42.3. The SMILES string of the molecule is c1ccc(-c2c(N3c4cccc5c4B(c4oc6ccccc6c4N5c4ccc5oc6ccccc6c5c4-c4ccccc4)c4c3oc3ccccc43)ccc3oc4ccccc4c23)cc1. The number of hydrogen-bond acceptors (Lipinski definition) is 6. The molecule has 0 N–H and O–H groups in total. The number of hydrogen-bond donors (Lipinski definition) is 0. The van der Waals surface area contributed by atoms with Crippen LogP contribution in [0.3, 0.4) is 0 Å². The highest BCUT2D eigenvalue weighted by Crippen LogP contribution is 2.54. The predicted molar refractivity (Wildman–Crippen MR) is 265 cm³/mol. The van der Waals surface area contributed by atoms with Crippen molar-refractivity contribution in [1.29, 1.82) is 0 Å². The van der Waals surface area contributed by atoms with Gasteiger partial charge in [-0.3, -0.25) is 4.90 Å².